The van der Waals surface area contributed by atoms with Gasteiger partial charge >= 0.3 is 0 Å². The van der Waals surface area contributed by atoms with Crippen molar-refractivity contribution in [3.8, 4) is 0 Å². The molecule has 14 heavy (non-hydrogen) atoms. The summed E-state index contributed by atoms with van der Waals surface area (Å²) in [6, 6.07) is 1.26. The number of rotatable bonds is 4. The van der Waals surface area contributed by atoms with Crippen LogP contribution in [0.25, 0.3) is 0 Å². The molecule has 0 aromatic heterocycles. The standard InChI is InChI=1S/C11H24N2O/c1-5-11(9-14-4)13-7-6-12(3)8-10(13)2/h10-11H,5-9H2,1-4H3/t10-,11?/m0/s1. The number of methoxy groups -OCH3 is 1. The number of likely N-dealkylation sites (N-methyl/N-ethyl adjacent to an activating group) is 1. The number of nitrogens with zero attached hydrogens (tertiary/aromatic N) is 2. The fourth-order valence-corrected chi connectivity index (χ4v) is 2.34. The zero-order valence-electron chi connectivity index (χ0n) is 9.99. The Morgan fingerprint density at radius 2 is 2.14 bits per heavy atom. The van der Waals surface area contributed by atoms with Crippen molar-refractivity contribution in [1.82, 2.24) is 9.80 Å². The lowest BCUT2D eigenvalue weighted by Gasteiger charge is -2.42. The topological polar surface area (TPSA) is 15.7 Å². The number of hydrogen-bond acceptors (Lipinski definition) is 3. The molecule has 1 fully saturated rings. The Morgan fingerprint density at radius 1 is 1.43 bits per heavy atom. The van der Waals surface area contributed by atoms with Gasteiger partial charge in [-0.05, 0) is 20.4 Å². The molecule has 1 heterocycles. The molecule has 84 valence electrons. The van der Waals surface area contributed by atoms with Crippen LogP contribution in [0.15, 0.2) is 0 Å². The van der Waals surface area contributed by atoms with Gasteiger partial charge in [0.1, 0.15) is 0 Å². The van der Waals surface area contributed by atoms with Crippen molar-refractivity contribution in [3.05, 3.63) is 0 Å². The van der Waals surface area contributed by atoms with Gasteiger partial charge in [-0.15, -0.1) is 0 Å². The molecule has 0 N–H and O–H groups in total. The summed E-state index contributed by atoms with van der Waals surface area (Å²) >= 11 is 0. The molecule has 0 aliphatic carbocycles. The monoisotopic (exact) mass is 200 g/mol. The molecule has 1 saturated heterocycles. The Morgan fingerprint density at radius 3 is 2.64 bits per heavy atom. The van der Waals surface area contributed by atoms with Gasteiger partial charge in [0, 0.05) is 38.8 Å². The van der Waals surface area contributed by atoms with E-state index in [0.717, 1.165) is 6.61 Å². The van der Waals surface area contributed by atoms with Crippen molar-refractivity contribution in [3.63, 3.8) is 0 Å². The average molecular weight is 200 g/mol. The van der Waals surface area contributed by atoms with Gasteiger partial charge in [0.05, 0.1) is 6.61 Å². The highest BCUT2D eigenvalue weighted by Gasteiger charge is 2.26. The van der Waals surface area contributed by atoms with E-state index in [4.69, 9.17) is 4.74 Å². The second-order valence-electron chi connectivity index (χ2n) is 4.37. The third-order valence-corrected chi connectivity index (χ3v) is 3.18. The predicted octanol–water partition coefficient (Wildman–Crippen LogP) is 1.05. The molecule has 0 amide bonds. The number of ether oxygens (including phenoxy) is 1. The summed E-state index contributed by atoms with van der Waals surface area (Å²) in [6.07, 6.45) is 1.18. The largest absolute Gasteiger partial charge is 0.383 e. The van der Waals surface area contributed by atoms with Crippen LogP contribution in [0, 0.1) is 0 Å². The fourth-order valence-electron chi connectivity index (χ4n) is 2.34. The number of hydrogen-bond donors (Lipinski definition) is 0. The summed E-state index contributed by atoms with van der Waals surface area (Å²) in [5.74, 6) is 0. The van der Waals surface area contributed by atoms with Gasteiger partial charge in [-0.2, -0.15) is 0 Å². The molecule has 0 bridgehead atoms. The quantitative estimate of drug-likeness (QED) is 0.674. The van der Waals surface area contributed by atoms with Gasteiger partial charge in [-0.1, -0.05) is 6.92 Å². The summed E-state index contributed by atoms with van der Waals surface area (Å²) in [4.78, 5) is 4.99. The molecule has 1 rings (SSSR count). The van der Waals surface area contributed by atoms with Crippen LogP contribution in [0.5, 0.6) is 0 Å². The van der Waals surface area contributed by atoms with E-state index in [0.29, 0.717) is 12.1 Å². The minimum absolute atomic E-state index is 0.601. The van der Waals surface area contributed by atoms with Crippen molar-refractivity contribution < 1.29 is 4.74 Å². The van der Waals surface area contributed by atoms with Gasteiger partial charge in [-0.3, -0.25) is 4.90 Å². The van der Waals surface area contributed by atoms with Crippen LogP contribution < -0.4 is 0 Å². The molecule has 0 aromatic rings. The molecule has 1 aliphatic heterocycles. The molecule has 1 aliphatic rings. The van der Waals surface area contributed by atoms with E-state index in [9.17, 15) is 0 Å². The van der Waals surface area contributed by atoms with Gasteiger partial charge in [0.2, 0.25) is 0 Å². The van der Waals surface area contributed by atoms with Gasteiger partial charge in [0.25, 0.3) is 0 Å². The van der Waals surface area contributed by atoms with Crippen molar-refractivity contribution in [2.75, 3.05) is 40.4 Å². The predicted molar refractivity (Wildman–Crippen MR) is 59.6 cm³/mol. The van der Waals surface area contributed by atoms with Gasteiger partial charge in [-0.25, -0.2) is 0 Å². The van der Waals surface area contributed by atoms with Crippen molar-refractivity contribution >= 4 is 0 Å². The van der Waals surface area contributed by atoms with E-state index < -0.39 is 0 Å². The summed E-state index contributed by atoms with van der Waals surface area (Å²) < 4.78 is 5.27. The van der Waals surface area contributed by atoms with Crippen molar-refractivity contribution in [1.29, 1.82) is 0 Å². The van der Waals surface area contributed by atoms with Gasteiger partial charge in [0.15, 0.2) is 0 Å². The van der Waals surface area contributed by atoms with E-state index in [1.54, 1.807) is 7.11 Å². The first kappa shape index (κ1) is 12.0. The van der Waals surface area contributed by atoms with Crippen LogP contribution in [0.2, 0.25) is 0 Å². The Kier molecular flexibility index (Phi) is 4.85. The molecule has 0 radical (unpaired) electrons. The second-order valence-corrected chi connectivity index (χ2v) is 4.37. The third kappa shape index (κ3) is 2.94. The smallest absolute Gasteiger partial charge is 0.0618 e. The van der Waals surface area contributed by atoms with E-state index >= 15 is 0 Å². The summed E-state index contributed by atoms with van der Waals surface area (Å²) in [5.41, 5.74) is 0. The Balaban J connectivity index is 2.48. The first-order valence-electron chi connectivity index (χ1n) is 5.62. The maximum absolute atomic E-state index is 5.27. The SMILES string of the molecule is CCC(COC)N1CCN(C)C[C@@H]1C. The van der Waals surface area contributed by atoms with E-state index in [1.165, 1.54) is 26.1 Å². The molecule has 2 atom stereocenters. The highest BCUT2D eigenvalue weighted by molar-refractivity contribution is 4.82. The Hall–Kier alpha value is -0.120. The van der Waals surface area contributed by atoms with Crippen LogP contribution in [0.3, 0.4) is 0 Å². The Bertz CT molecular complexity index is 163. The molecule has 0 spiro atoms. The zero-order valence-corrected chi connectivity index (χ0v) is 9.99. The highest BCUT2D eigenvalue weighted by Crippen LogP contribution is 2.14. The first-order valence-corrected chi connectivity index (χ1v) is 5.62. The lowest BCUT2D eigenvalue weighted by atomic mass is 10.1. The van der Waals surface area contributed by atoms with Crippen LogP contribution in [-0.2, 0) is 4.74 Å². The van der Waals surface area contributed by atoms with E-state index in [1.807, 2.05) is 0 Å². The van der Waals surface area contributed by atoms with Crippen LogP contribution in [0.1, 0.15) is 20.3 Å². The fraction of sp³-hybridized carbons (Fsp3) is 1.00. The molecular weight excluding hydrogens is 176 g/mol. The zero-order chi connectivity index (χ0) is 10.6. The van der Waals surface area contributed by atoms with E-state index in [-0.39, 0.29) is 0 Å². The molecule has 0 aromatic carbocycles. The van der Waals surface area contributed by atoms with Gasteiger partial charge < -0.3 is 9.64 Å². The van der Waals surface area contributed by atoms with Crippen LogP contribution in [-0.4, -0.2) is 62.3 Å². The molecule has 0 saturated carbocycles. The minimum Gasteiger partial charge on any atom is -0.383 e. The molecule has 3 heteroatoms. The minimum atomic E-state index is 0.601. The van der Waals surface area contributed by atoms with E-state index in [2.05, 4.69) is 30.7 Å². The molecule has 3 nitrogen and oxygen atoms in total. The Labute approximate surface area is 88.0 Å². The number of piperazine rings is 1. The molecular formula is C11H24N2O. The lowest BCUT2D eigenvalue weighted by Crippen LogP contribution is -2.55. The van der Waals surface area contributed by atoms with Crippen molar-refractivity contribution in [2.24, 2.45) is 0 Å². The summed E-state index contributed by atoms with van der Waals surface area (Å²) in [5, 5.41) is 0. The maximum atomic E-state index is 5.27. The summed E-state index contributed by atoms with van der Waals surface area (Å²) in [6.45, 7) is 8.97. The maximum Gasteiger partial charge on any atom is 0.0618 e. The summed E-state index contributed by atoms with van der Waals surface area (Å²) in [7, 11) is 3.99. The first-order chi connectivity index (χ1) is 6.69. The lowest BCUT2D eigenvalue weighted by molar-refractivity contribution is 0.0213. The van der Waals surface area contributed by atoms with Crippen LogP contribution >= 0.6 is 0 Å². The van der Waals surface area contributed by atoms with Crippen molar-refractivity contribution in [2.45, 2.75) is 32.4 Å². The third-order valence-electron chi connectivity index (χ3n) is 3.18. The molecule has 1 unspecified atom stereocenters. The second kappa shape index (κ2) is 5.69. The normalized spacial score (nSPS) is 27.9. The highest BCUT2D eigenvalue weighted by atomic mass is 16.5. The van der Waals surface area contributed by atoms with Crippen LogP contribution in [0.4, 0.5) is 0 Å². The average Bonchev–Trinajstić information content (AvgIpc) is 2.15.